The Balaban J connectivity index is 1.51. The van der Waals surface area contributed by atoms with E-state index >= 15 is 0 Å². The van der Waals surface area contributed by atoms with Crippen LogP contribution in [0.1, 0.15) is 24.5 Å². The Bertz CT molecular complexity index is 735. The van der Waals surface area contributed by atoms with E-state index in [0.29, 0.717) is 25.3 Å². The molecule has 0 unspecified atom stereocenters. The van der Waals surface area contributed by atoms with Gasteiger partial charge in [0.1, 0.15) is 0 Å². The largest absolute Gasteiger partial charge is 0.416 e. The maximum atomic E-state index is 12.9. The normalized spacial score (nSPS) is 22.0. The summed E-state index contributed by atoms with van der Waals surface area (Å²) in [7, 11) is 0. The molecule has 29 heavy (non-hydrogen) atoms. The van der Waals surface area contributed by atoms with Gasteiger partial charge < -0.3 is 15.0 Å². The second-order valence-corrected chi connectivity index (χ2v) is 7.62. The Morgan fingerprint density at radius 1 is 1.31 bits per heavy atom. The number of nitrogens with one attached hydrogen (secondary N) is 1. The Hall–Kier alpha value is -2.13. The first-order chi connectivity index (χ1) is 13.7. The van der Waals surface area contributed by atoms with E-state index in [4.69, 9.17) is 4.74 Å². The number of alkyl halides is 3. The molecule has 2 aliphatic heterocycles. The van der Waals surface area contributed by atoms with Crippen LogP contribution in [0.2, 0.25) is 0 Å². The molecule has 2 fully saturated rings. The number of halogens is 3. The van der Waals surface area contributed by atoms with E-state index in [1.165, 1.54) is 11.0 Å². The van der Waals surface area contributed by atoms with Crippen molar-refractivity contribution in [2.24, 2.45) is 5.92 Å². The molecule has 0 saturated carbocycles. The molecule has 2 amide bonds. The summed E-state index contributed by atoms with van der Waals surface area (Å²) in [4.78, 5) is 28.4. The molecule has 6 nitrogen and oxygen atoms in total. The van der Waals surface area contributed by atoms with E-state index in [1.807, 2.05) is 6.92 Å². The maximum Gasteiger partial charge on any atom is 0.416 e. The highest BCUT2D eigenvalue weighted by atomic mass is 19.4. The lowest BCUT2D eigenvalue weighted by atomic mass is 10.1. The molecule has 0 bridgehead atoms. The van der Waals surface area contributed by atoms with Crippen LogP contribution in [0.15, 0.2) is 24.3 Å². The molecule has 160 valence electrons. The summed E-state index contributed by atoms with van der Waals surface area (Å²) in [6.07, 6.45) is -4.35. The van der Waals surface area contributed by atoms with Crippen molar-refractivity contribution in [1.29, 1.82) is 0 Å². The maximum absolute atomic E-state index is 12.9. The van der Waals surface area contributed by atoms with Crippen molar-refractivity contribution >= 4 is 11.8 Å². The number of likely N-dealkylation sites (tertiary alicyclic amines) is 1. The van der Waals surface area contributed by atoms with Crippen molar-refractivity contribution in [3.63, 3.8) is 0 Å². The van der Waals surface area contributed by atoms with Crippen LogP contribution in [0, 0.1) is 5.92 Å². The zero-order valence-electron chi connectivity index (χ0n) is 16.4. The number of hydrogen-bond donors (Lipinski definition) is 1. The molecule has 9 heteroatoms. The third kappa shape index (κ3) is 5.70. The number of carbonyl (C=O) groups is 2. The molecule has 2 atom stereocenters. The van der Waals surface area contributed by atoms with Crippen LogP contribution in [-0.2, 0) is 27.0 Å². The summed E-state index contributed by atoms with van der Waals surface area (Å²) in [6.45, 7) is 5.80. The van der Waals surface area contributed by atoms with Gasteiger partial charge in [0, 0.05) is 45.2 Å². The monoisotopic (exact) mass is 413 g/mol. The SMILES string of the molecule is C[C@H](CNC(=O)[C@@H]1CC(=O)N(Cc2cccc(C(F)(F)F)c2)C1)N1CCOCC1. The number of hydrogen-bond acceptors (Lipinski definition) is 4. The molecule has 0 spiro atoms. The third-order valence-electron chi connectivity index (χ3n) is 5.45. The van der Waals surface area contributed by atoms with E-state index in [2.05, 4.69) is 10.2 Å². The van der Waals surface area contributed by atoms with Crippen LogP contribution in [0.25, 0.3) is 0 Å². The molecule has 0 radical (unpaired) electrons. The lowest BCUT2D eigenvalue weighted by Crippen LogP contribution is -2.48. The van der Waals surface area contributed by atoms with E-state index in [1.54, 1.807) is 6.07 Å². The predicted octanol–water partition coefficient (Wildman–Crippen LogP) is 1.89. The third-order valence-corrected chi connectivity index (χ3v) is 5.45. The van der Waals surface area contributed by atoms with Gasteiger partial charge in [0.05, 0.1) is 24.7 Å². The average Bonchev–Trinajstić information content (AvgIpc) is 3.06. The van der Waals surface area contributed by atoms with Crippen molar-refractivity contribution in [3.8, 4) is 0 Å². The lowest BCUT2D eigenvalue weighted by molar-refractivity contribution is -0.137. The smallest absolute Gasteiger partial charge is 0.379 e. The van der Waals surface area contributed by atoms with Gasteiger partial charge in [-0.15, -0.1) is 0 Å². The molecule has 0 aromatic heterocycles. The van der Waals surface area contributed by atoms with Crippen LogP contribution >= 0.6 is 0 Å². The standard InChI is InChI=1S/C20H26F3N3O3/c1-14(25-5-7-29-8-6-25)11-24-19(28)16-10-18(27)26(13-16)12-15-3-2-4-17(9-15)20(21,22)23/h2-4,9,14,16H,5-8,10-13H2,1H3,(H,24,28)/t14-,16-/m1/s1. The minimum absolute atomic E-state index is 0.0662. The molecule has 0 aliphatic carbocycles. The van der Waals surface area contributed by atoms with Crippen molar-refractivity contribution in [3.05, 3.63) is 35.4 Å². The summed E-state index contributed by atoms with van der Waals surface area (Å²) < 4.78 is 43.9. The van der Waals surface area contributed by atoms with E-state index in [9.17, 15) is 22.8 Å². The second-order valence-electron chi connectivity index (χ2n) is 7.62. The molecule has 2 saturated heterocycles. The zero-order valence-corrected chi connectivity index (χ0v) is 16.4. The average molecular weight is 413 g/mol. The van der Waals surface area contributed by atoms with Gasteiger partial charge in [-0.1, -0.05) is 12.1 Å². The number of ether oxygens (including phenoxy) is 1. The van der Waals surface area contributed by atoms with Crippen molar-refractivity contribution < 1.29 is 27.5 Å². The number of morpholine rings is 1. The number of benzene rings is 1. The molecule has 1 N–H and O–H groups in total. The van der Waals surface area contributed by atoms with Crippen LogP contribution in [0.3, 0.4) is 0 Å². The molecule has 1 aromatic carbocycles. The Morgan fingerprint density at radius 3 is 2.72 bits per heavy atom. The Labute approximate surface area is 168 Å². The van der Waals surface area contributed by atoms with Gasteiger partial charge >= 0.3 is 6.18 Å². The van der Waals surface area contributed by atoms with Gasteiger partial charge in [-0.3, -0.25) is 14.5 Å². The lowest BCUT2D eigenvalue weighted by Gasteiger charge is -2.32. The fraction of sp³-hybridized carbons (Fsp3) is 0.600. The summed E-state index contributed by atoms with van der Waals surface area (Å²) in [6, 6.07) is 5.10. The molecule has 2 heterocycles. The molecular formula is C20H26F3N3O3. The molecule has 1 aromatic rings. The molecular weight excluding hydrogens is 387 g/mol. The van der Waals surface area contributed by atoms with Gasteiger partial charge in [0.25, 0.3) is 0 Å². The van der Waals surface area contributed by atoms with E-state index < -0.39 is 17.7 Å². The van der Waals surface area contributed by atoms with Crippen LogP contribution in [0.5, 0.6) is 0 Å². The van der Waals surface area contributed by atoms with Gasteiger partial charge in [0.15, 0.2) is 0 Å². The van der Waals surface area contributed by atoms with Gasteiger partial charge in [-0.2, -0.15) is 13.2 Å². The van der Waals surface area contributed by atoms with Gasteiger partial charge in [0.2, 0.25) is 11.8 Å². The Kier molecular flexibility index (Phi) is 6.79. The first kappa shape index (κ1) is 21.6. The summed E-state index contributed by atoms with van der Waals surface area (Å²) in [5.41, 5.74) is -0.344. The quantitative estimate of drug-likeness (QED) is 0.774. The van der Waals surface area contributed by atoms with Crippen molar-refractivity contribution in [1.82, 2.24) is 15.1 Å². The minimum atomic E-state index is -4.43. The molecule has 3 rings (SSSR count). The van der Waals surface area contributed by atoms with Crippen LogP contribution in [0.4, 0.5) is 13.2 Å². The zero-order chi connectivity index (χ0) is 21.0. The van der Waals surface area contributed by atoms with Gasteiger partial charge in [-0.25, -0.2) is 0 Å². The summed E-state index contributed by atoms with van der Waals surface area (Å²) in [5.74, 6) is -0.890. The summed E-state index contributed by atoms with van der Waals surface area (Å²) in [5, 5.41) is 2.91. The van der Waals surface area contributed by atoms with E-state index in [0.717, 1.165) is 25.2 Å². The predicted molar refractivity (Wildman–Crippen MR) is 99.8 cm³/mol. The number of carbonyl (C=O) groups excluding carboxylic acids is 2. The number of rotatable bonds is 6. The highest BCUT2D eigenvalue weighted by molar-refractivity contribution is 5.89. The highest BCUT2D eigenvalue weighted by Gasteiger charge is 2.35. The fourth-order valence-corrected chi connectivity index (χ4v) is 3.71. The molecule has 2 aliphatic rings. The summed E-state index contributed by atoms with van der Waals surface area (Å²) >= 11 is 0. The Morgan fingerprint density at radius 2 is 2.03 bits per heavy atom. The highest BCUT2D eigenvalue weighted by Crippen LogP contribution is 2.30. The van der Waals surface area contributed by atoms with Crippen LogP contribution in [-0.4, -0.2) is 67.0 Å². The number of nitrogens with zero attached hydrogens (tertiary/aromatic N) is 2. The first-order valence-electron chi connectivity index (χ1n) is 9.77. The van der Waals surface area contributed by atoms with E-state index in [-0.39, 0.29) is 37.4 Å². The van der Waals surface area contributed by atoms with Crippen molar-refractivity contribution in [2.45, 2.75) is 32.1 Å². The fourth-order valence-electron chi connectivity index (χ4n) is 3.71. The first-order valence-corrected chi connectivity index (χ1v) is 9.77. The van der Waals surface area contributed by atoms with Crippen molar-refractivity contribution in [2.75, 3.05) is 39.4 Å². The van der Waals surface area contributed by atoms with Crippen LogP contribution < -0.4 is 5.32 Å². The second kappa shape index (κ2) is 9.13. The minimum Gasteiger partial charge on any atom is -0.379 e. The number of amides is 2. The topological polar surface area (TPSA) is 61.9 Å². The van der Waals surface area contributed by atoms with Gasteiger partial charge in [-0.05, 0) is 24.6 Å².